The SMILES string of the molecule is CC(C)c1ccccc1NS(=O)(=O)c1ccccc1C#N. The maximum Gasteiger partial charge on any atom is 0.263 e. The van der Waals surface area contributed by atoms with Crippen molar-refractivity contribution in [3.05, 3.63) is 59.7 Å². The Morgan fingerprint density at radius 3 is 2.33 bits per heavy atom. The van der Waals surface area contributed by atoms with E-state index in [2.05, 4.69) is 4.72 Å². The van der Waals surface area contributed by atoms with Gasteiger partial charge in [0, 0.05) is 0 Å². The molecule has 2 aromatic rings. The maximum atomic E-state index is 12.5. The van der Waals surface area contributed by atoms with Crippen molar-refractivity contribution in [3.8, 4) is 6.07 Å². The minimum atomic E-state index is -3.78. The summed E-state index contributed by atoms with van der Waals surface area (Å²) in [7, 11) is -3.78. The lowest BCUT2D eigenvalue weighted by Gasteiger charge is -2.15. The van der Waals surface area contributed by atoms with E-state index in [0.717, 1.165) is 5.56 Å². The molecule has 0 aliphatic rings. The molecule has 0 saturated carbocycles. The Hall–Kier alpha value is -2.32. The molecular formula is C16H16N2O2S. The molecule has 0 aromatic heterocycles. The fourth-order valence-electron chi connectivity index (χ4n) is 2.09. The molecule has 2 rings (SSSR count). The summed E-state index contributed by atoms with van der Waals surface area (Å²) in [5.74, 6) is 0.190. The lowest BCUT2D eigenvalue weighted by atomic mass is 10.0. The van der Waals surface area contributed by atoms with Crippen LogP contribution in [-0.4, -0.2) is 8.42 Å². The van der Waals surface area contributed by atoms with E-state index in [1.807, 2.05) is 32.0 Å². The minimum Gasteiger partial charge on any atom is -0.279 e. The first-order valence-electron chi connectivity index (χ1n) is 6.56. The average molecular weight is 300 g/mol. The molecule has 0 heterocycles. The highest BCUT2D eigenvalue weighted by molar-refractivity contribution is 7.92. The van der Waals surface area contributed by atoms with Crippen molar-refractivity contribution in [2.45, 2.75) is 24.7 Å². The number of benzene rings is 2. The van der Waals surface area contributed by atoms with Crippen molar-refractivity contribution < 1.29 is 8.42 Å². The van der Waals surface area contributed by atoms with E-state index >= 15 is 0 Å². The van der Waals surface area contributed by atoms with Crippen LogP contribution >= 0.6 is 0 Å². The number of nitrogens with zero attached hydrogens (tertiary/aromatic N) is 1. The fourth-order valence-corrected chi connectivity index (χ4v) is 3.33. The van der Waals surface area contributed by atoms with Crippen molar-refractivity contribution in [3.63, 3.8) is 0 Å². The number of hydrogen-bond donors (Lipinski definition) is 1. The van der Waals surface area contributed by atoms with Gasteiger partial charge in [-0.2, -0.15) is 5.26 Å². The normalized spacial score (nSPS) is 11.1. The molecule has 0 aliphatic heterocycles. The number of nitriles is 1. The first kappa shape index (κ1) is 15.1. The molecule has 4 nitrogen and oxygen atoms in total. The summed E-state index contributed by atoms with van der Waals surface area (Å²) < 4.78 is 27.6. The summed E-state index contributed by atoms with van der Waals surface area (Å²) in [4.78, 5) is -0.00828. The number of hydrogen-bond acceptors (Lipinski definition) is 3. The van der Waals surface area contributed by atoms with E-state index in [1.54, 1.807) is 24.3 Å². The van der Waals surface area contributed by atoms with Crippen molar-refractivity contribution >= 4 is 15.7 Å². The van der Waals surface area contributed by atoms with Gasteiger partial charge in [-0.1, -0.05) is 44.2 Å². The second kappa shape index (κ2) is 5.98. The summed E-state index contributed by atoms with van der Waals surface area (Å²) in [5, 5.41) is 9.05. The molecule has 0 fully saturated rings. The van der Waals surface area contributed by atoms with Crippen LogP contribution in [0, 0.1) is 11.3 Å². The summed E-state index contributed by atoms with van der Waals surface area (Å²) in [6, 6.07) is 15.3. The standard InChI is InChI=1S/C16H16N2O2S/c1-12(2)14-8-4-5-9-15(14)18-21(19,20)16-10-6-3-7-13(16)11-17/h3-10,12,18H,1-2H3. The predicted molar refractivity (Wildman–Crippen MR) is 82.5 cm³/mol. The molecule has 0 saturated heterocycles. The number of anilines is 1. The molecule has 5 heteroatoms. The van der Waals surface area contributed by atoms with Gasteiger partial charge < -0.3 is 0 Å². The van der Waals surface area contributed by atoms with E-state index in [9.17, 15) is 8.42 Å². The average Bonchev–Trinajstić information content (AvgIpc) is 2.47. The summed E-state index contributed by atoms with van der Waals surface area (Å²) >= 11 is 0. The zero-order valence-electron chi connectivity index (χ0n) is 11.9. The number of sulfonamides is 1. The molecule has 2 aromatic carbocycles. The van der Waals surface area contributed by atoms with Gasteiger partial charge >= 0.3 is 0 Å². The Labute approximate surface area is 125 Å². The fraction of sp³-hybridized carbons (Fsp3) is 0.188. The summed E-state index contributed by atoms with van der Waals surface area (Å²) in [6.07, 6.45) is 0. The van der Waals surface area contributed by atoms with Gasteiger partial charge in [0.15, 0.2) is 0 Å². The number of rotatable bonds is 4. The first-order valence-corrected chi connectivity index (χ1v) is 8.05. The van der Waals surface area contributed by atoms with Gasteiger partial charge in [-0.05, 0) is 29.7 Å². The van der Waals surface area contributed by atoms with Crippen LogP contribution in [0.2, 0.25) is 0 Å². The topological polar surface area (TPSA) is 70.0 Å². The Balaban J connectivity index is 2.46. The third-order valence-corrected chi connectivity index (χ3v) is 4.55. The second-order valence-electron chi connectivity index (χ2n) is 4.96. The van der Waals surface area contributed by atoms with Crippen molar-refractivity contribution in [2.24, 2.45) is 0 Å². The summed E-state index contributed by atoms with van der Waals surface area (Å²) in [5.41, 5.74) is 1.59. The lowest BCUT2D eigenvalue weighted by molar-refractivity contribution is 0.601. The molecule has 0 unspecified atom stereocenters. The van der Waals surface area contributed by atoms with E-state index in [0.29, 0.717) is 5.69 Å². The summed E-state index contributed by atoms with van der Waals surface area (Å²) in [6.45, 7) is 3.99. The minimum absolute atomic E-state index is 0.00828. The van der Waals surface area contributed by atoms with Crippen LogP contribution in [0.5, 0.6) is 0 Å². The van der Waals surface area contributed by atoms with E-state index in [1.165, 1.54) is 12.1 Å². The van der Waals surface area contributed by atoms with Crippen LogP contribution in [0.15, 0.2) is 53.4 Å². The smallest absolute Gasteiger partial charge is 0.263 e. The molecule has 108 valence electrons. The largest absolute Gasteiger partial charge is 0.279 e. The van der Waals surface area contributed by atoms with Crippen LogP contribution in [0.4, 0.5) is 5.69 Å². The van der Waals surface area contributed by atoms with Crippen LogP contribution in [0.1, 0.15) is 30.9 Å². The Kier molecular flexibility index (Phi) is 4.29. The van der Waals surface area contributed by atoms with Crippen LogP contribution in [0.3, 0.4) is 0 Å². The van der Waals surface area contributed by atoms with Crippen molar-refractivity contribution in [1.82, 2.24) is 0 Å². The van der Waals surface area contributed by atoms with Gasteiger partial charge in [0.1, 0.15) is 11.0 Å². The lowest BCUT2D eigenvalue weighted by Crippen LogP contribution is -2.15. The Morgan fingerprint density at radius 2 is 1.67 bits per heavy atom. The van der Waals surface area contributed by atoms with Crippen LogP contribution in [0.25, 0.3) is 0 Å². The molecule has 21 heavy (non-hydrogen) atoms. The van der Waals surface area contributed by atoms with Crippen molar-refractivity contribution in [2.75, 3.05) is 4.72 Å². The van der Waals surface area contributed by atoms with Gasteiger partial charge in [-0.15, -0.1) is 0 Å². The predicted octanol–water partition coefficient (Wildman–Crippen LogP) is 3.48. The third kappa shape index (κ3) is 3.23. The maximum absolute atomic E-state index is 12.5. The van der Waals surface area contributed by atoms with Gasteiger partial charge in [0.05, 0.1) is 11.3 Å². The van der Waals surface area contributed by atoms with Crippen molar-refractivity contribution in [1.29, 1.82) is 5.26 Å². The molecule has 1 N–H and O–H groups in total. The Morgan fingerprint density at radius 1 is 1.05 bits per heavy atom. The molecule has 0 radical (unpaired) electrons. The molecule has 0 spiro atoms. The number of para-hydroxylation sites is 1. The van der Waals surface area contributed by atoms with Crippen LogP contribution in [-0.2, 0) is 10.0 Å². The van der Waals surface area contributed by atoms with Crippen LogP contribution < -0.4 is 4.72 Å². The zero-order valence-corrected chi connectivity index (χ0v) is 12.7. The van der Waals surface area contributed by atoms with Gasteiger partial charge in [-0.3, -0.25) is 4.72 Å². The number of nitrogens with one attached hydrogen (secondary N) is 1. The van der Waals surface area contributed by atoms with Gasteiger partial charge in [0.2, 0.25) is 0 Å². The molecule has 0 amide bonds. The zero-order chi connectivity index (χ0) is 15.5. The monoisotopic (exact) mass is 300 g/mol. The van der Waals surface area contributed by atoms with Gasteiger partial charge in [-0.25, -0.2) is 8.42 Å². The Bertz CT molecular complexity index is 790. The highest BCUT2D eigenvalue weighted by Crippen LogP contribution is 2.26. The molecule has 0 bridgehead atoms. The molecule has 0 atom stereocenters. The third-order valence-electron chi connectivity index (χ3n) is 3.12. The first-order chi connectivity index (χ1) is 9.95. The van der Waals surface area contributed by atoms with E-state index in [-0.39, 0.29) is 16.4 Å². The second-order valence-corrected chi connectivity index (χ2v) is 6.61. The highest BCUT2D eigenvalue weighted by Gasteiger charge is 2.19. The molecular weight excluding hydrogens is 284 g/mol. The van der Waals surface area contributed by atoms with E-state index < -0.39 is 10.0 Å². The van der Waals surface area contributed by atoms with Gasteiger partial charge in [0.25, 0.3) is 10.0 Å². The molecule has 0 aliphatic carbocycles. The quantitative estimate of drug-likeness (QED) is 0.939. The van der Waals surface area contributed by atoms with E-state index in [4.69, 9.17) is 5.26 Å². The highest BCUT2D eigenvalue weighted by atomic mass is 32.2.